The standard InChI is InChI=1S/C13H19FN2O2S/c1-15-10-11-7-12(14)9-13(8-11)16-3-2-5-19(17,18)6-4-16/h7-9,15H,2-6,10H2,1H3. The summed E-state index contributed by atoms with van der Waals surface area (Å²) >= 11 is 0. The number of anilines is 1. The smallest absolute Gasteiger partial charge is 0.152 e. The van der Waals surface area contributed by atoms with Gasteiger partial charge >= 0.3 is 0 Å². The van der Waals surface area contributed by atoms with Crippen LogP contribution in [0.4, 0.5) is 10.1 Å². The van der Waals surface area contributed by atoms with Crippen molar-refractivity contribution in [1.82, 2.24) is 5.32 Å². The summed E-state index contributed by atoms with van der Waals surface area (Å²) in [5.74, 6) is 0.0856. The van der Waals surface area contributed by atoms with Crippen LogP contribution in [0.1, 0.15) is 12.0 Å². The molecule has 19 heavy (non-hydrogen) atoms. The average molecular weight is 286 g/mol. The van der Waals surface area contributed by atoms with Gasteiger partial charge in [-0.3, -0.25) is 0 Å². The second-order valence-electron chi connectivity index (χ2n) is 4.84. The van der Waals surface area contributed by atoms with E-state index in [1.54, 1.807) is 0 Å². The fourth-order valence-corrected chi connectivity index (χ4v) is 3.59. The summed E-state index contributed by atoms with van der Waals surface area (Å²) in [6.07, 6.45) is 0.597. The highest BCUT2D eigenvalue weighted by Gasteiger charge is 2.19. The van der Waals surface area contributed by atoms with Crippen LogP contribution in [0.25, 0.3) is 0 Å². The van der Waals surface area contributed by atoms with Crippen LogP contribution < -0.4 is 10.2 Å². The average Bonchev–Trinajstić information content (AvgIpc) is 2.50. The molecular weight excluding hydrogens is 267 g/mol. The number of nitrogens with one attached hydrogen (secondary N) is 1. The Labute approximate surface area is 113 Å². The van der Waals surface area contributed by atoms with Gasteiger partial charge in [-0.1, -0.05) is 0 Å². The van der Waals surface area contributed by atoms with Crippen molar-refractivity contribution in [2.24, 2.45) is 0 Å². The van der Waals surface area contributed by atoms with E-state index >= 15 is 0 Å². The highest BCUT2D eigenvalue weighted by atomic mass is 32.2. The predicted molar refractivity (Wildman–Crippen MR) is 74.6 cm³/mol. The lowest BCUT2D eigenvalue weighted by molar-refractivity contribution is 0.597. The van der Waals surface area contributed by atoms with Gasteiger partial charge in [0.2, 0.25) is 0 Å². The number of hydrogen-bond donors (Lipinski definition) is 1. The highest BCUT2D eigenvalue weighted by molar-refractivity contribution is 7.91. The maximum absolute atomic E-state index is 13.6. The maximum atomic E-state index is 13.6. The van der Waals surface area contributed by atoms with E-state index in [4.69, 9.17) is 0 Å². The van der Waals surface area contributed by atoms with Crippen LogP contribution in [-0.2, 0) is 16.4 Å². The third kappa shape index (κ3) is 3.91. The minimum Gasteiger partial charge on any atom is -0.370 e. The van der Waals surface area contributed by atoms with E-state index in [-0.39, 0.29) is 17.3 Å². The van der Waals surface area contributed by atoms with Crippen molar-refractivity contribution < 1.29 is 12.8 Å². The lowest BCUT2D eigenvalue weighted by Gasteiger charge is -2.22. The molecule has 0 spiro atoms. The van der Waals surface area contributed by atoms with Gasteiger partial charge in [-0.05, 0) is 37.2 Å². The summed E-state index contributed by atoms with van der Waals surface area (Å²) in [5, 5.41) is 2.99. The van der Waals surface area contributed by atoms with Crippen LogP contribution in [-0.4, -0.2) is 40.1 Å². The van der Waals surface area contributed by atoms with Crippen LogP contribution in [0.15, 0.2) is 18.2 Å². The summed E-state index contributed by atoms with van der Waals surface area (Å²) < 4.78 is 36.7. The molecule has 0 radical (unpaired) electrons. The topological polar surface area (TPSA) is 49.4 Å². The third-order valence-corrected chi connectivity index (χ3v) is 4.96. The van der Waals surface area contributed by atoms with E-state index < -0.39 is 9.84 Å². The largest absolute Gasteiger partial charge is 0.370 e. The van der Waals surface area contributed by atoms with Gasteiger partial charge in [-0.15, -0.1) is 0 Å². The van der Waals surface area contributed by atoms with Crippen molar-refractivity contribution in [2.75, 3.05) is 36.5 Å². The first-order valence-corrected chi connectivity index (χ1v) is 8.22. The molecule has 1 aromatic rings. The van der Waals surface area contributed by atoms with Gasteiger partial charge < -0.3 is 10.2 Å². The van der Waals surface area contributed by atoms with E-state index in [1.165, 1.54) is 12.1 Å². The maximum Gasteiger partial charge on any atom is 0.152 e. The van der Waals surface area contributed by atoms with Crippen LogP contribution in [0, 0.1) is 5.82 Å². The molecule has 0 unspecified atom stereocenters. The first kappa shape index (κ1) is 14.3. The molecule has 1 N–H and O–H groups in total. The molecule has 1 aromatic carbocycles. The van der Waals surface area contributed by atoms with Crippen LogP contribution in [0.5, 0.6) is 0 Å². The monoisotopic (exact) mass is 286 g/mol. The SMILES string of the molecule is CNCc1cc(F)cc(N2CCCS(=O)(=O)CC2)c1. The van der Waals surface area contributed by atoms with Crippen LogP contribution in [0.2, 0.25) is 0 Å². The minimum atomic E-state index is -2.94. The Hall–Kier alpha value is -1.14. The molecular formula is C13H19FN2O2S. The summed E-state index contributed by atoms with van der Waals surface area (Å²) in [5.41, 5.74) is 1.63. The number of rotatable bonds is 3. The second-order valence-corrected chi connectivity index (χ2v) is 7.14. The summed E-state index contributed by atoms with van der Waals surface area (Å²) in [6, 6.07) is 4.88. The third-order valence-electron chi connectivity index (χ3n) is 3.24. The van der Waals surface area contributed by atoms with Crippen molar-refractivity contribution in [1.29, 1.82) is 0 Å². The van der Waals surface area contributed by atoms with Gasteiger partial charge in [0.05, 0.1) is 11.5 Å². The van der Waals surface area contributed by atoms with Gasteiger partial charge in [-0.25, -0.2) is 12.8 Å². The first-order chi connectivity index (χ1) is 9.00. The number of nitrogens with zero attached hydrogens (tertiary/aromatic N) is 1. The molecule has 0 atom stereocenters. The van der Waals surface area contributed by atoms with E-state index in [0.717, 1.165) is 11.3 Å². The molecule has 1 fully saturated rings. The van der Waals surface area contributed by atoms with Gasteiger partial charge in [0.1, 0.15) is 5.82 Å². The van der Waals surface area contributed by atoms with Gasteiger partial charge in [0.25, 0.3) is 0 Å². The Morgan fingerprint density at radius 3 is 2.79 bits per heavy atom. The molecule has 0 aromatic heterocycles. The molecule has 1 saturated heterocycles. The van der Waals surface area contributed by atoms with Crippen molar-refractivity contribution in [3.63, 3.8) is 0 Å². The van der Waals surface area contributed by atoms with Crippen molar-refractivity contribution in [2.45, 2.75) is 13.0 Å². The molecule has 0 amide bonds. The molecule has 0 bridgehead atoms. The number of halogens is 1. The highest BCUT2D eigenvalue weighted by Crippen LogP contribution is 2.20. The zero-order chi connectivity index (χ0) is 13.9. The van der Waals surface area contributed by atoms with E-state index in [0.29, 0.717) is 26.1 Å². The molecule has 1 aliphatic heterocycles. The molecule has 2 rings (SSSR count). The van der Waals surface area contributed by atoms with E-state index in [9.17, 15) is 12.8 Å². The normalized spacial score (nSPS) is 19.2. The van der Waals surface area contributed by atoms with E-state index in [1.807, 2.05) is 18.0 Å². The fraction of sp³-hybridized carbons (Fsp3) is 0.538. The van der Waals surface area contributed by atoms with Crippen LogP contribution >= 0.6 is 0 Å². The Bertz CT molecular complexity index is 546. The van der Waals surface area contributed by atoms with Gasteiger partial charge in [0.15, 0.2) is 9.84 Å². The number of benzene rings is 1. The summed E-state index contributed by atoms with van der Waals surface area (Å²) in [4.78, 5) is 1.95. The lowest BCUT2D eigenvalue weighted by atomic mass is 10.1. The van der Waals surface area contributed by atoms with Crippen molar-refractivity contribution in [3.05, 3.63) is 29.6 Å². The molecule has 6 heteroatoms. The summed E-state index contributed by atoms with van der Waals surface area (Å²) in [7, 11) is -1.13. The second kappa shape index (κ2) is 5.88. The number of hydrogen-bond acceptors (Lipinski definition) is 4. The Morgan fingerprint density at radius 2 is 2.05 bits per heavy atom. The first-order valence-electron chi connectivity index (χ1n) is 6.39. The zero-order valence-electron chi connectivity index (χ0n) is 11.0. The number of sulfone groups is 1. The lowest BCUT2D eigenvalue weighted by Crippen LogP contribution is -2.27. The molecule has 1 heterocycles. The van der Waals surface area contributed by atoms with Crippen LogP contribution in [0.3, 0.4) is 0 Å². The summed E-state index contributed by atoms with van der Waals surface area (Å²) in [6.45, 7) is 1.68. The Morgan fingerprint density at radius 1 is 1.26 bits per heavy atom. The Kier molecular flexibility index (Phi) is 4.42. The molecule has 0 saturated carbocycles. The molecule has 0 aliphatic carbocycles. The zero-order valence-corrected chi connectivity index (χ0v) is 11.8. The fourth-order valence-electron chi connectivity index (χ4n) is 2.32. The quantitative estimate of drug-likeness (QED) is 0.906. The van der Waals surface area contributed by atoms with Crippen molar-refractivity contribution >= 4 is 15.5 Å². The van der Waals surface area contributed by atoms with Crippen molar-refractivity contribution in [3.8, 4) is 0 Å². The molecule has 4 nitrogen and oxygen atoms in total. The Balaban J connectivity index is 2.21. The van der Waals surface area contributed by atoms with Gasteiger partial charge in [0, 0.05) is 25.3 Å². The minimum absolute atomic E-state index is 0.144. The predicted octanol–water partition coefficient (Wildman–Crippen LogP) is 1.17. The van der Waals surface area contributed by atoms with Gasteiger partial charge in [-0.2, -0.15) is 0 Å². The van der Waals surface area contributed by atoms with E-state index in [2.05, 4.69) is 5.32 Å². The molecule has 1 aliphatic rings. The molecule has 106 valence electrons.